The topological polar surface area (TPSA) is 0 Å². The molecule has 0 saturated carbocycles. The van der Waals surface area contributed by atoms with Gasteiger partial charge in [0.2, 0.25) is 0 Å². The molecule has 1 rings (SSSR count). The maximum Gasteiger partial charge on any atom is -0.0398 e. The van der Waals surface area contributed by atoms with E-state index in [4.69, 9.17) is 0 Å². The first-order valence-corrected chi connectivity index (χ1v) is 14.6. The van der Waals surface area contributed by atoms with Crippen LogP contribution in [-0.2, 0) is 0 Å². The Labute approximate surface area is 135 Å². The second-order valence-corrected chi connectivity index (χ2v) is 14.3. The van der Waals surface area contributed by atoms with Crippen molar-refractivity contribution in [1.82, 2.24) is 0 Å². The molecule has 0 aromatic heterocycles. The average Bonchev–Trinajstić information content (AvgIpc) is 2.48. The predicted octanol–water partition coefficient (Wildman–Crippen LogP) is 6.88. The molecule has 1 heteroatoms. The molecule has 0 heterocycles. The number of aryl methyl sites for hydroxylation is 1. The van der Waals surface area contributed by atoms with E-state index in [1.807, 2.05) is 18.2 Å². The maximum absolute atomic E-state index is 2.33. The number of rotatable bonds is 9. The van der Waals surface area contributed by atoms with Crippen LogP contribution in [0.4, 0.5) is 0 Å². The van der Waals surface area contributed by atoms with Crippen molar-refractivity contribution in [2.24, 2.45) is 0 Å². The van der Waals surface area contributed by atoms with Crippen LogP contribution in [-0.4, -0.2) is 19.8 Å². The standard InChI is InChI=1S/C7H8.3C4H9.Sn/c1-7-5-3-2-4-6-7;3*1-3-4-2;/h2-6H,1H3;3*1,3-4H2,2H3;. The fourth-order valence-corrected chi connectivity index (χ4v) is 11.6. The van der Waals surface area contributed by atoms with E-state index in [2.05, 4.69) is 39.8 Å². The number of unbranched alkanes of at least 4 members (excludes halogenated alkanes) is 3. The summed E-state index contributed by atoms with van der Waals surface area (Å²) in [6, 6.07) is 10.3. The molecular formula is C19H35Sn. The largest absolute Gasteiger partial charge is 0.0622 e. The molecule has 0 spiro atoms. The molecule has 0 aliphatic heterocycles. The predicted molar refractivity (Wildman–Crippen MR) is 96.1 cm³/mol. The molecule has 1 aromatic carbocycles. The number of benzene rings is 1. The SMILES string of the molecule is CCC[CH2][Sn]([CH2]CCC)[CH2]CCC.Cc1ccccc1. The van der Waals surface area contributed by atoms with Crippen molar-refractivity contribution in [3.8, 4) is 0 Å². The van der Waals surface area contributed by atoms with E-state index in [-0.39, 0.29) is 0 Å². The van der Waals surface area contributed by atoms with E-state index in [0.717, 1.165) is 0 Å². The summed E-state index contributed by atoms with van der Waals surface area (Å²) in [7, 11) is 0. The number of hydrogen-bond acceptors (Lipinski definition) is 0. The Balaban J connectivity index is 0.000000428. The minimum atomic E-state index is -0.839. The minimum absolute atomic E-state index is 0.839. The van der Waals surface area contributed by atoms with E-state index >= 15 is 0 Å². The third-order valence-corrected chi connectivity index (χ3v) is 12.7. The van der Waals surface area contributed by atoms with Gasteiger partial charge in [-0.15, -0.1) is 0 Å². The van der Waals surface area contributed by atoms with Crippen molar-refractivity contribution in [2.45, 2.75) is 79.5 Å². The molecule has 0 aliphatic carbocycles. The van der Waals surface area contributed by atoms with E-state index in [0.29, 0.717) is 0 Å². The summed E-state index contributed by atoms with van der Waals surface area (Å²) in [5, 5.41) is 0. The first-order chi connectivity index (χ1) is 9.74. The van der Waals surface area contributed by atoms with Gasteiger partial charge in [0.15, 0.2) is 0 Å². The van der Waals surface area contributed by atoms with Crippen LogP contribution in [0.3, 0.4) is 0 Å². The van der Waals surface area contributed by atoms with Crippen molar-refractivity contribution in [1.29, 1.82) is 0 Å². The van der Waals surface area contributed by atoms with Crippen LogP contribution < -0.4 is 0 Å². The van der Waals surface area contributed by atoms with Crippen LogP contribution in [0, 0.1) is 6.92 Å². The van der Waals surface area contributed by atoms with Gasteiger partial charge in [0.25, 0.3) is 0 Å². The molecule has 20 heavy (non-hydrogen) atoms. The van der Waals surface area contributed by atoms with Crippen molar-refractivity contribution in [3.05, 3.63) is 35.9 Å². The molecule has 0 amide bonds. The Morgan fingerprint density at radius 3 is 1.35 bits per heavy atom. The molecule has 1 radical (unpaired) electrons. The fraction of sp³-hybridized carbons (Fsp3) is 0.684. The van der Waals surface area contributed by atoms with Gasteiger partial charge in [0, 0.05) is 0 Å². The Hall–Kier alpha value is 0.0187. The van der Waals surface area contributed by atoms with Crippen LogP contribution in [0.1, 0.15) is 64.9 Å². The third-order valence-electron chi connectivity index (χ3n) is 3.59. The average molecular weight is 382 g/mol. The van der Waals surface area contributed by atoms with Crippen molar-refractivity contribution in [2.75, 3.05) is 0 Å². The summed E-state index contributed by atoms with van der Waals surface area (Å²) in [6.45, 7) is 9.08. The van der Waals surface area contributed by atoms with Gasteiger partial charge in [-0.2, -0.15) is 0 Å². The quantitative estimate of drug-likeness (QED) is 0.409. The normalized spacial score (nSPS) is 10.2. The third kappa shape index (κ3) is 13.0. The van der Waals surface area contributed by atoms with E-state index in [1.165, 1.54) is 44.1 Å². The number of hydrogen-bond donors (Lipinski definition) is 0. The van der Waals surface area contributed by atoms with Gasteiger partial charge < -0.3 is 0 Å². The van der Waals surface area contributed by atoms with Gasteiger partial charge in [-0.3, -0.25) is 0 Å². The van der Waals surface area contributed by atoms with Crippen molar-refractivity contribution < 1.29 is 0 Å². The van der Waals surface area contributed by atoms with Crippen LogP contribution in [0.5, 0.6) is 0 Å². The van der Waals surface area contributed by atoms with E-state index < -0.39 is 19.8 Å². The summed E-state index contributed by atoms with van der Waals surface area (Å²) in [6.07, 6.45) is 8.85. The molecule has 1 aromatic rings. The van der Waals surface area contributed by atoms with Crippen LogP contribution in [0.25, 0.3) is 0 Å². The van der Waals surface area contributed by atoms with Crippen LogP contribution in [0.2, 0.25) is 13.3 Å². The Morgan fingerprint density at radius 2 is 1.10 bits per heavy atom. The van der Waals surface area contributed by atoms with Gasteiger partial charge in [-0.25, -0.2) is 0 Å². The zero-order chi connectivity index (χ0) is 15.1. The second kappa shape index (κ2) is 15.4. The monoisotopic (exact) mass is 383 g/mol. The van der Waals surface area contributed by atoms with Crippen molar-refractivity contribution >= 4 is 19.8 Å². The molecule has 115 valence electrons. The second-order valence-electron chi connectivity index (χ2n) is 5.72. The molecule has 0 aliphatic rings. The molecule has 0 atom stereocenters. The Morgan fingerprint density at radius 1 is 0.700 bits per heavy atom. The molecule has 0 N–H and O–H groups in total. The zero-order valence-corrected chi connectivity index (χ0v) is 17.1. The summed E-state index contributed by atoms with van der Waals surface area (Å²) >= 11 is -0.839. The van der Waals surface area contributed by atoms with E-state index in [1.54, 1.807) is 13.3 Å². The van der Waals surface area contributed by atoms with Gasteiger partial charge in [0.1, 0.15) is 0 Å². The van der Waals surface area contributed by atoms with Gasteiger partial charge in [-0.05, 0) is 6.92 Å². The summed E-state index contributed by atoms with van der Waals surface area (Å²) in [5.74, 6) is 0. The van der Waals surface area contributed by atoms with Crippen LogP contribution >= 0.6 is 0 Å². The van der Waals surface area contributed by atoms with Crippen molar-refractivity contribution in [3.63, 3.8) is 0 Å². The van der Waals surface area contributed by atoms with Gasteiger partial charge in [-0.1, -0.05) is 35.9 Å². The van der Waals surface area contributed by atoms with E-state index in [9.17, 15) is 0 Å². The first kappa shape index (κ1) is 20.0. The zero-order valence-electron chi connectivity index (χ0n) is 14.3. The molecule has 0 saturated heterocycles. The minimum Gasteiger partial charge on any atom is -0.0622 e. The summed E-state index contributed by atoms with van der Waals surface area (Å²) < 4.78 is 5.04. The molecule has 0 nitrogen and oxygen atoms in total. The van der Waals surface area contributed by atoms with Crippen LogP contribution in [0.15, 0.2) is 30.3 Å². The maximum atomic E-state index is 2.33. The molecule has 0 fully saturated rings. The Bertz CT molecular complexity index is 262. The fourth-order valence-electron chi connectivity index (χ4n) is 2.19. The van der Waals surface area contributed by atoms with Gasteiger partial charge in [0.05, 0.1) is 0 Å². The summed E-state index contributed by atoms with van der Waals surface area (Å²) in [4.78, 5) is 0. The molecule has 0 unspecified atom stereocenters. The Kier molecular flexibility index (Phi) is 15.4. The molecular weight excluding hydrogens is 347 g/mol. The summed E-state index contributed by atoms with van der Waals surface area (Å²) in [5.41, 5.74) is 1.32. The first-order valence-electron chi connectivity index (χ1n) is 8.59. The van der Waals surface area contributed by atoms with Gasteiger partial charge >= 0.3 is 92.4 Å². The molecule has 0 bridgehead atoms. The smallest absolute Gasteiger partial charge is 0.0398 e.